The van der Waals surface area contributed by atoms with Crippen molar-refractivity contribution in [3.05, 3.63) is 52.2 Å². The first-order chi connectivity index (χ1) is 10.6. The quantitative estimate of drug-likeness (QED) is 0.889. The molecule has 1 aromatic heterocycles. The average molecular weight is 316 g/mol. The van der Waals surface area contributed by atoms with Crippen LogP contribution in [0.3, 0.4) is 0 Å². The topological polar surface area (TPSA) is 49.4 Å². The molecule has 5 heteroatoms. The summed E-state index contributed by atoms with van der Waals surface area (Å²) in [7, 11) is 0. The highest BCUT2D eigenvalue weighted by Crippen LogP contribution is 2.19. The molecule has 0 atom stereocenters. The normalized spacial score (nSPS) is 10.3. The van der Waals surface area contributed by atoms with Crippen LogP contribution in [-0.2, 0) is 4.79 Å². The van der Waals surface area contributed by atoms with Gasteiger partial charge >= 0.3 is 0 Å². The molecule has 0 saturated heterocycles. The van der Waals surface area contributed by atoms with Gasteiger partial charge in [0.2, 0.25) is 5.91 Å². The van der Waals surface area contributed by atoms with Gasteiger partial charge in [-0.15, -0.1) is 11.3 Å². The van der Waals surface area contributed by atoms with E-state index in [1.807, 2.05) is 49.6 Å². The molecule has 0 aliphatic rings. The maximum atomic E-state index is 12.4. The molecule has 2 amide bonds. The predicted molar refractivity (Wildman–Crippen MR) is 90.5 cm³/mol. The molecule has 116 valence electrons. The van der Waals surface area contributed by atoms with Crippen molar-refractivity contribution < 1.29 is 9.59 Å². The Bertz CT molecular complexity index is 638. The second-order valence-corrected chi connectivity index (χ2v) is 5.86. The number of amides is 2. The Balaban J connectivity index is 1.90. The van der Waals surface area contributed by atoms with Crippen molar-refractivity contribution >= 4 is 28.8 Å². The number of rotatable bonds is 6. The first kappa shape index (κ1) is 16.2. The largest absolute Gasteiger partial charge is 0.351 e. The molecule has 0 aliphatic carbocycles. The number of hydrogen-bond donors (Lipinski definition) is 1. The fourth-order valence-electron chi connectivity index (χ4n) is 2.26. The van der Waals surface area contributed by atoms with Gasteiger partial charge in [0.15, 0.2) is 0 Å². The lowest BCUT2D eigenvalue weighted by atomic mass is 10.1. The Morgan fingerprint density at radius 3 is 2.59 bits per heavy atom. The van der Waals surface area contributed by atoms with Crippen molar-refractivity contribution in [1.82, 2.24) is 5.32 Å². The molecule has 0 spiro atoms. The fraction of sp³-hybridized carbons (Fsp3) is 0.294. The fourth-order valence-corrected chi connectivity index (χ4v) is 2.90. The minimum Gasteiger partial charge on any atom is -0.351 e. The highest BCUT2D eigenvalue weighted by atomic mass is 32.1. The first-order valence-corrected chi connectivity index (χ1v) is 8.19. The molecule has 4 nitrogen and oxygen atoms in total. The molecular formula is C17H20N2O2S. The molecule has 0 radical (unpaired) electrons. The minimum atomic E-state index is -0.123. The van der Waals surface area contributed by atoms with Gasteiger partial charge in [-0.1, -0.05) is 24.3 Å². The second-order valence-electron chi connectivity index (χ2n) is 4.91. The average Bonchev–Trinajstić information content (AvgIpc) is 3.04. The summed E-state index contributed by atoms with van der Waals surface area (Å²) in [5.41, 5.74) is 2.00. The van der Waals surface area contributed by atoms with Crippen LogP contribution in [0.5, 0.6) is 0 Å². The van der Waals surface area contributed by atoms with Gasteiger partial charge in [0.25, 0.3) is 5.91 Å². The monoisotopic (exact) mass is 316 g/mol. The van der Waals surface area contributed by atoms with E-state index in [0.717, 1.165) is 11.3 Å². The lowest BCUT2D eigenvalue weighted by Crippen LogP contribution is -2.34. The highest BCUT2D eigenvalue weighted by molar-refractivity contribution is 7.12. The summed E-state index contributed by atoms with van der Waals surface area (Å²) >= 11 is 1.39. The summed E-state index contributed by atoms with van der Waals surface area (Å²) in [6, 6.07) is 11.4. The SMILES string of the molecule is CCN(C(=O)CCNC(=O)c1cccs1)c1ccccc1C. The van der Waals surface area contributed by atoms with Crippen LogP contribution in [0, 0.1) is 6.92 Å². The minimum absolute atomic E-state index is 0.0169. The van der Waals surface area contributed by atoms with Crippen LogP contribution < -0.4 is 10.2 Å². The molecule has 0 unspecified atom stereocenters. The molecule has 2 rings (SSSR count). The Hall–Kier alpha value is -2.14. The van der Waals surface area contributed by atoms with Gasteiger partial charge in [-0.25, -0.2) is 0 Å². The van der Waals surface area contributed by atoms with Crippen LogP contribution in [0.2, 0.25) is 0 Å². The third-order valence-electron chi connectivity index (χ3n) is 3.39. The van der Waals surface area contributed by atoms with Crippen molar-refractivity contribution in [2.75, 3.05) is 18.0 Å². The van der Waals surface area contributed by atoms with Gasteiger partial charge in [0, 0.05) is 25.2 Å². The molecule has 0 aliphatic heterocycles. The van der Waals surface area contributed by atoms with Crippen LogP contribution >= 0.6 is 11.3 Å². The van der Waals surface area contributed by atoms with E-state index in [2.05, 4.69) is 5.32 Å². The van der Waals surface area contributed by atoms with Gasteiger partial charge < -0.3 is 10.2 Å². The molecule has 1 N–H and O–H groups in total. The third-order valence-corrected chi connectivity index (χ3v) is 4.26. The zero-order valence-electron chi connectivity index (χ0n) is 12.8. The lowest BCUT2D eigenvalue weighted by molar-refractivity contribution is -0.118. The lowest BCUT2D eigenvalue weighted by Gasteiger charge is -2.23. The van der Waals surface area contributed by atoms with Gasteiger partial charge in [-0.3, -0.25) is 9.59 Å². The summed E-state index contributed by atoms with van der Waals surface area (Å²) in [6.45, 7) is 4.90. The first-order valence-electron chi connectivity index (χ1n) is 7.31. The number of hydrogen-bond acceptors (Lipinski definition) is 3. The Morgan fingerprint density at radius 2 is 1.95 bits per heavy atom. The summed E-state index contributed by atoms with van der Waals surface area (Å²) in [5, 5.41) is 4.64. The summed E-state index contributed by atoms with van der Waals surface area (Å²) in [5.74, 6) is -0.106. The van der Waals surface area contributed by atoms with E-state index in [-0.39, 0.29) is 11.8 Å². The number of benzene rings is 1. The summed E-state index contributed by atoms with van der Waals surface area (Å²) in [4.78, 5) is 26.6. The Morgan fingerprint density at radius 1 is 1.18 bits per heavy atom. The van der Waals surface area contributed by atoms with E-state index in [1.165, 1.54) is 11.3 Å². The van der Waals surface area contributed by atoms with Gasteiger partial charge in [0.05, 0.1) is 4.88 Å². The van der Waals surface area contributed by atoms with E-state index in [9.17, 15) is 9.59 Å². The van der Waals surface area contributed by atoms with Crippen LogP contribution in [0.15, 0.2) is 41.8 Å². The van der Waals surface area contributed by atoms with Gasteiger partial charge in [-0.2, -0.15) is 0 Å². The molecule has 0 bridgehead atoms. The Labute approximate surface area is 134 Å². The van der Waals surface area contributed by atoms with E-state index in [4.69, 9.17) is 0 Å². The van der Waals surface area contributed by atoms with Crippen molar-refractivity contribution in [3.63, 3.8) is 0 Å². The van der Waals surface area contributed by atoms with E-state index in [0.29, 0.717) is 24.4 Å². The van der Waals surface area contributed by atoms with Crippen molar-refractivity contribution in [2.24, 2.45) is 0 Å². The maximum absolute atomic E-state index is 12.4. The predicted octanol–water partition coefficient (Wildman–Crippen LogP) is 3.23. The summed E-state index contributed by atoms with van der Waals surface area (Å²) < 4.78 is 0. The zero-order chi connectivity index (χ0) is 15.9. The number of thiophene rings is 1. The van der Waals surface area contributed by atoms with E-state index < -0.39 is 0 Å². The van der Waals surface area contributed by atoms with E-state index in [1.54, 1.807) is 11.0 Å². The molecule has 0 fully saturated rings. The number of carbonyl (C=O) groups excluding carboxylic acids is 2. The van der Waals surface area contributed by atoms with Crippen molar-refractivity contribution in [2.45, 2.75) is 20.3 Å². The standard InChI is InChI=1S/C17H20N2O2S/c1-3-19(14-8-5-4-7-13(14)2)16(20)10-11-18-17(21)15-9-6-12-22-15/h4-9,12H,3,10-11H2,1-2H3,(H,18,21). The van der Waals surface area contributed by atoms with Gasteiger partial charge in [0.1, 0.15) is 0 Å². The number of aryl methyl sites for hydroxylation is 1. The highest BCUT2D eigenvalue weighted by Gasteiger charge is 2.15. The molecule has 2 aromatic rings. The van der Waals surface area contributed by atoms with Crippen LogP contribution in [0.4, 0.5) is 5.69 Å². The Kier molecular flexibility index (Phi) is 5.72. The molecule has 1 heterocycles. The second kappa shape index (κ2) is 7.75. The van der Waals surface area contributed by atoms with E-state index >= 15 is 0 Å². The molecule has 1 aromatic carbocycles. The number of nitrogens with zero attached hydrogens (tertiary/aromatic N) is 1. The van der Waals surface area contributed by atoms with Crippen LogP contribution in [-0.4, -0.2) is 24.9 Å². The smallest absolute Gasteiger partial charge is 0.261 e. The number of carbonyl (C=O) groups is 2. The maximum Gasteiger partial charge on any atom is 0.261 e. The van der Waals surface area contributed by atoms with Crippen LogP contribution in [0.25, 0.3) is 0 Å². The van der Waals surface area contributed by atoms with Gasteiger partial charge in [-0.05, 0) is 36.9 Å². The molecular weight excluding hydrogens is 296 g/mol. The molecule has 0 saturated carbocycles. The number of nitrogens with one attached hydrogen (secondary N) is 1. The number of anilines is 1. The zero-order valence-corrected chi connectivity index (χ0v) is 13.7. The number of para-hydroxylation sites is 1. The van der Waals surface area contributed by atoms with Crippen LogP contribution in [0.1, 0.15) is 28.6 Å². The van der Waals surface area contributed by atoms with Crippen molar-refractivity contribution in [1.29, 1.82) is 0 Å². The third kappa shape index (κ3) is 3.95. The van der Waals surface area contributed by atoms with Crippen molar-refractivity contribution in [3.8, 4) is 0 Å². The molecule has 22 heavy (non-hydrogen) atoms. The summed E-state index contributed by atoms with van der Waals surface area (Å²) in [6.07, 6.45) is 0.291.